The van der Waals surface area contributed by atoms with E-state index in [0.29, 0.717) is 18.8 Å². The van der Waals surface area contributed by atoms with Crippen molar-refractivity contribution in [2.45, 2.75) is 32.4 Å². The maximum atomic E-state index is 11.4. The van der Waals surface area contributed by atoms with Crippen LogP contribution >= 0.6 is 15.9 Å². The fourth-order valence-corrected chi connectivity index (χ4v) is 2.30. The van der Waals surface area contributed by atoms with E-state index in [1.807, 2.05) is 18.2 Å². The molecular formula is C14H18BrNO3. The Labute approximate surface area is 121 Å². The highest BCUT2D eigenvalue weighted by Crippen LogP contribution is 2.24. The molecule has 0 radical (unpaired) electrons. The maximum absolute atomic E-state index is 11.4. The molecule has 1 fully saturated rings. The number of carbonyl (C=O) groups excluding carboxylic acids is 1. The van der Waals surface area contributed by atoms with Crippen LogP contribution in [0, 0.1) is 0 Å². The molecule has 0 saturated carbocycles. The fraction of sp³-hybridized carbons (Fsp3) is 0.500. The third-order valence-corrected chi connectivity index (χ3v) is 3.70. The lowest BCUT2D eigenvalue weighted by atomic mass is 10.2. The highest BCUT2D eigenvalue weighted by molar-refractivity contribution is 9.10. The lowest BCUT2D eigenvalue weighted by Crippen LogP contribution is -2.22. The molecule has 19 heavy (non-hydrogen) atoms. The topological polar surface area (TPSA) is 47.6 Å². The first kappa shape index (κ1) is 14.3. The Morgan fingerprint density at radius 2 is 2.37 bits per heavy atom. The highest BCUT2D eigenvalue weighted by Gasteiger charge is 2.28. The van der Waals surface area contributed by atoms with Crippen molar-refractivity contribution in [2.24, 2.45) is 0 Å². The summed E-state index contributed by atoms with van der Waals surface area (Å²) in [6, 6.07) is 5.76. The van der Waals surface area contributed by atoms with Gasteiger partial charge in [0.05, 0.1) is 6.61 Å². The standard InChI is InChI=1S/C14H18BrNO3/c1-2-6-16-9-10-8-11(3-4-12(10)15)19-13-5-7-18-14(13)17/h3-4,8,13,16H,2,5-7,9H2,1H3. The summed E-state index contributed by atoms with van der Waals surface area (Å²) in [5.41, 5.74) is 1.12. The normalized spacial score (nSPS) is 18.4. The number of ether oxygens (including phenoxy) is 2. The molecule has 5 heteroatoms. The molecule has 1 N–H and O–H groups in total. The van der Waals surface area contributed by atoms with Crippen LogP contribution in [0.5, 0.6) is 5.75 Å². The van der Waals surface area contributed by atoms with Gasteiger partial charge in [-0.2, -0.15) is 0 Å². The number of nitrogens with one attached hydrogen (secondary N) is 1. The van der Waals surface area contributed by atoms with Gasteiger partial charge in [-0.15, -0.1) is 0 Å². The first-order chi connectivity index (χ1) is 9.20. The van der Waals surface area contributed by atoms with Gasteiger partial charge in [-0.3, -0.25) is 0 Å². The molecule has 104 valence electrons. The molecule has 1 aliphatic rings. The Morgan fingerprint density at radius 1 is 1.53 bits per heavy atom. The van der Waals surface area contributed by atoms with Gasteiger partial charge in [0.1, 0.15) is 5.75 Å². The van der Waals surface area contributed by atoms with Gasteiger partial charge < -0.3 is 14.8 Å². The van der Waals surface area contributed by atoms with E-state index < -0.39 is 6.10 Å². The minimum Gasteiger partial charge on any atom is -0.479 e. The molecule has 1 aliphatic heterocycles. The predicted molar refractivity (Wildman–Crippen MR) is 76.1 cm³/mol. The van der Waals surface area contributed by atoms with Crippen molar-refractivity contribution in [3.05, 3.63) is 28.2 Å². The Balaban J connectivity index is 2.01. The molecule has 1 heterocycles. The minimum absolute atomic E-state index is 0.270. The molecule has 0 bridgehead atoms. The average Bonchev–Trinajstić information content (AvgIpc) is 2.79. The molecule has 0 aliphatic carbocycles. The van der Waals surface area contributed by atoms with E-state index in [2.05, 4.69) is 28.2 Å². The van der Waals surface area contributed by atoms with Crippen LogP contribution in [0.3, 0.4) is 0 Å². The molecule has 1 atom stereocenters. The van der Waals surface area contributed by atoms with Gasteiger partial charge in [0, 0.05) is 17.4 Å². The summed E-state index contributed by atoms with van der Waals surface area (Å²) < 4.78 is 11.6. The number of hydrogen-bond donors (Lipinski definition) is 1. The second kappa shape index (κ2) is 6.91. The molecule has 1 saturated heterocycles. The summed E-state index contributed by atoms with van der Waals surface area (Å²) in [6.45, 7) is 4.34. The molecular weight excluding hydrogens is 310 g/mol. The van der Waals surface area contributed by atoms with Crippen molar-refractivity contribution in [1.29, 1.82) is 0 Å². The van der Waals surface area contributed by atoms with Gasteiger partial charge in [0.25, 0.3) is 0 Å². The second-order valence-electron chi connectivity index (χ2n) is 4.49. The summed E-state index contributed by atoms with van der Waals surface area (Å²) >= 11 is 3.52. The number of hydrogen-bond acceptors (Lipinski definition) is 4. The Hall–Kier alpha value is -1.07. The van der Waals surface area contributed by atoms with Crippen molar-refractivity contribution in [3.63, 3.8) is 0 Å². The van der Waals surface area contributed by atoms with Gasteiger partial charge >= 0.3 is 5.97 Å². The zero-order valence-corrected chi connectivity index (χ0v) is 12.5. The quantitative estimate of drug-likeness (QED) is 0.644. The molecule has 4 nitrogen and oxygen atoms in total. The average molecular weight is 328 g/mol. The third kappa shape index (κ3) is 3.94. The summed E-state index contributed by atoms with van der Waals surface area (Å²) in [5.74, 6) is 0.439. The first-order valence-electron chi connectivity index (χ1n) is 6.53. The van der Waals surface area contributed by atoms with Crippen molar-refractivity contribution in [1.82, 2.24) is 5.32 Å². The molecule has 1 unspecified atom stereocenters. The Morgan fingerprint density at radius 3 is 3.05 bits per heavy atom. The van der Waals surface area contributed by atoms with Gasteiger partial charge in [-0.25, -0.2) is 4.79 Å². The van der Waals surface area contributed by atoms with Gasteiger partial charge in [-0.05, 0) is 36.7 Å². The van der Waals surface area contributed by atoms with Crippen LogP contribution < -0.4 is 10.1 Å². The summed E-state index contributed by atoms with van der Waals surface area (Å²) in [4.78, 5) is 11.4. The van der Waals surface area contributed by atoms with E-state index in [-0.39, 0.29) is 5.97 Å². The van der Waals surface area contributed by atoms with E-state index in [1.165, 1.54) is 0 Å². The fourth-order valence-electron chi connectivity index (χ4n) is 1.91. The van der Waals surface area contributed by atoms with Crippen molar-refractivity contribution in [3.8, 4) is 5.75 Å². The predicted octanol–water partition coefficient (Wildman–Crippen LogP) is 2.64. The molecule has 2 rings (SSSR count). The second-order valence-corrected chi connectivity index (χ2v) is 5.35. The lowest BCUT2D eigenvalue weighted by molar-refractivity contribution is -0.143. The van der Waals surface area contributed by atoms with E-state index in [9.17, 15) is 4.79 Å². The summed E-state index contributed by atoms with van der Waals surface area (Å²) in [5, 5.41) is 3.34. The van der Waals surface area contributed by atoms with E-state index in [1.54, 1.807) is 0 Å². The van der Waals surface area contributed by atoms with E-state index >= 15 is 0 Å². The number of benzene rings is 1. The largest absolute Gasteiger partial charge is 0.479 e. The van der Waals surface area contributed by atoms with E-state index in [4.69, 9.17) is 9.47 Å². The Bertz CT molecular complexity index is 450. The smallest absolute Gasteiger partial charge is 0.347 e. The molecule has 1 aromatic rings. The zero-order chi connectivity index (χ0) is 13.7. The van der Waals surface area contributed by atoms with Crippen molar-refractivity contribution in [2.75, 3.05) is 13.2 Å². The van der Waals surface area contributed by atoms with Gasteiger partial charge in [0.15, 0.2) is 6.10 Å². The van der Waals surface area contributed by atoms with Gasteiger partial charge in [-0.1, -0.05) is 22.9 Å². The van der Waals surface area contributed by atoms with Crippen LogP contribution in [0.25, 0.3) is 0 Å². The molecule has 0 aromatic heterocycles. The molecule has 0 amide bonds. The monoisotopic (exact) mass is 327 g/mol. The van der Waals surface area contributed by atoms with Crippen LogP contribution in [0.15, 0.2) is 22.7 Å². The molecule has 0 spiro atoms. The van der Waals surface area contributed by atoms with Crippen LogP contribution in [-0.2, 0) is 16.1 Å². The van der Waals surface area contributed by atoms with E-state index in [0.717, 1.165) is 29.5 Å². The summed E-state index contributed by atoms with van der Waals surface area (Å²) in [6.07, 6.45) is 1.26. The molecule has 1 aromatic carbocycles. The maximum Gasteiger partial charge on any atom is 0.347 e. The number of esters is 1. The van der Waals surface area contributed by atoms with Crippen LogP contribution in [0.2, 0.25) is 0 Å². The van der Waals surface area contributed by atoms with Crippen LogP contribution in [-0.4, -0.2) is 25.2 Å². The SMILES string of the molecule is CCCNCc1cc(OC2CCOC2=O)ccc1Br. The zero-order valence-electron chi connectivity index (χ0n) is 10.9. The summed E-state index contributed by atoms with van der Waals surface area (Å²) in [7, 11) is 0. The van der Waals surface area contributed by atoms with Crippen molar-refractivity contribution >= 4 is 21.9 Å². The number of carbonyl (C=O) groups is 1. The lowest BCUT2D eigenvalue weighted by Gasteiger charge is -2.12. The minimum atomic E-state index is -0.461. The van der Waals surface area contributed by atoms with Crippen LogP contribution in [0.4, 0.5) is 0 Å². The highest BCUT2D eigenvalue weighted by atomic mass is 79.9. The van der Waals surface area contributed by atoms with Crippen molar-refractivity contribution < 1.29 is 14.3 Å². The Kier molecular flexibility index (Phi) is 5.22. The van der Waals surface area contributed by atoms with Gasteiger partial charge in [0.2, 0.25) is 0 Å². The first-order valence-corrected chi connectivity index (χ1v) is 7.32. The number of halogens is 1. The number of cyclic esters (lactones) is 1. The van der Waals surface area contributed by atoms with Crippen LogP contribution in [0.1, 0.15) is 25.3 Å². The number of rotatable bonds is 6. The third-order valence-electron chi connectivity index (χ3n) is 2.93.